The summed E-state index contributed by atoms with van der Waals surface area (Å²) in [6.07, 6.45) is 0. The molecule has 0 unspecified atom stereocenters. The molecule has 0 N–H and O–H groups in total. The van der Waals surface area contributed by atoms with Gasteiger partial charge < -0.3 is 4.52 Å². The highest BCUT2D eigenvalue weighted by Gasteiger charge is 2.09. The van der Waals surface area contributed by atoms with Gasteiger partial charge in [-0.15, -0.1) is 11.3 Å². The molecule has 0 saturated heterocycles. The van der Waals surface area contributed by atoms with E-state index in [1.807, 2.05) is 25.1 Å². The van der Waals surface area contributed by atoms with Crippen molar-refractivity contribution >= 4 is 21.4 Å². The molecule has 0 fully saturated rings. The Labute approximate surface area is 91.1 Å². The zero-order chi connectivity index (χ0) is 10.3. The van der Waals surface area contributed by atoms with Crippen molar-refractivity contribution in [3.05, 3.63) is 41.4 Å². The molecule has 2 aromatic heterocycles. The molecule has 0 bridgehead atoms. The summed E-state index contributed by atoms with van der Waals surface area (Å²) >= 11 is 1.73. The first-order chi connectivity index (χ1) is 7.34. The van der Waals surface area contributed by atoms with Gasteiger partial charge in [0.05, 0.1) is 5.69 Å². The summed E-state index contributed by atoms with van der Waals surface area (Å²) < 4.78 is 6.55. The minimum Gasteiger partial charge on any atom is -0.356 e. The van der Waals surface area contributed by atoms with Crippen LogP contribution in [-0.4, -0.2) is 5.16 Å². The van der Waals surface area contributed by atoms with Crippen molar-refractivity contribution < 1.29 is 4.52 Å². The smallest absolute Gasteiger partial charge is 0.168 e. The fourth-order valence-electron chi connectivity index (χ4n) is 1.66. The third kappa shape index (κ3) is 1.36. The molecular formula is C12H9NOS. The van der Waals surface area contributed by atoms with Gasteiger partial charge in [-0.05, 0) is 13.0 Å². The highest BCUT2D eigenvalue weighted by molar-refractivity contribution is 7.17. The molecule has 3 heteroatoms. The predicted octanol–water partition coefficient (Wildman–Crippen LogP) is 3.86. The SMILES string of the molecule is Cc1cc(-c2csc3ccccc23)on1. The highest BCUT2D eigenvalue weighted by Crippen LogP contribution is 2.33. The Morgan fingerprint density at radius 2 is 2.13 bits per heavy atom. The molecule has 0 aliphatic heterocycles. The van der Waals surface area contributed by atoms with Crippen LogP contribution in [-0.2, 0) is 0 Å². The van der Waals surface area contributed by atoms with Crippen LogP contribution >= 0.6 is 11.3 Å². The van der Waals surface area contributed by atoms with Crippen LogP contribution in [0.2, 0.25) is 0 Å². The molecule has 0 aliphatic rings. The molecule has 0 amide bonds. The van der Waals surface area contributed by atoms with Gasteiger partial charge in [-0.3, -0.25) is 0 Å². The zero-order valence-corrected chi connectivity index (χ0v) is 9.04. The average Bonchev–Trinajstić information content (AvgIpc) is 2.83. The van der Waals surface area contributed by atoms with E-state index in [0.717, 1.165) is 17.0 Å². The zero-order valence-electron chi connectivity index (χ0n) is 8.23. The highest BCUT2D eigenvalue weighted by atomic mass is 32.1. The summed E-state index contributed by atoms with van der Waals surface area (Å²) in [7, 11) is 0. The number of hydrogen-bond donors (Lipinski definition) is 0. The third-order valence-corrected chi connectivity index (χ3v) is 3.34. The number of thiophene rings is 1. The molecule has 15 heavy (non-hydrogen) atoms. The minimum atomic E-state index is 0.852. The van der Waals surface area contributed by atoms with E-state index in [1.54, 1.807) is 11.3 Å². The Kier molecular flexibility index (Phi) is 1.86. The van der Waals surface area contributed by atoms with E-state index in [1.165, 1.54) is 10.1 Å². The summed E-state index contributed by atoms with van der Waals surface area (Å²) in [4.78, 5) is 0. The standard InChI is InChI=1S/C12H9NOS/c1-8-6-11(14-13-8)10-7-15-12-5-3-2-4-9(10)12/h2-7H,1H3. The van der Waals surface area contributed by atoms with E-state index in [9.17, 15) is 0 Å². The van der Waals surface area contributed by atoms with Crippen molar-refractivity contribution in [3.63, 3.8) is 0 Å². The van der Waals surface area contributed by atoms with Crippen LogP contribution < -0.4 is 0 Å². The topological polar surface area (TPSA) is 26.0 Å². The first kappa shape index (κ1) is 8.68. The van der Waals surface area contributed by atoms with Crippen LogP contribution in [0.15, 0.2) is 40.2 Å². The number of nitrogens with zero attached hydrogens (tertiary/aromatic N) is 1. The van der Waals surface area contributed by atoms with Crippen molar-refractivity contribution in [2.75, 3.05) is 0 Å². The van der Waals surface area contributed by atoms with Crippen molar-refractivity contribution in [2.45, 2.75) is 6.92 Å². The second kappa shape index (κ2) is 3.21. The minimum absolute atomic E-state index is 0.852. The number of aryl methyl sites for hydroxylation is 1. The molecule has 74 valence electrons. The van der Waals surface area contributed by atoms with E-state index < -0.39 is 0 Å². The lowest BCUT2D eigenvalue weighted by molar-refractivity contribution is 0.427. The fourth-order valence-corrected chi connectivity index (χ4v) is 2.61. The van der Waals surface area contributed by atoms with Gasteiger partial charge in [-0.1, -0.05) is 23.4 Å². The molecule has 1 aromatic carbocycles. The summed E-state index contributed by atoms with van der Waals surface area (Å²) in [5.74, 6) is 0.852. The van der Waals surface area contributed by atoms with E-state index in [0.29, 0.717) is 0 Å². The fraction of sp³-hybridized carbons (Fsp3) is 0.0833. The second-order valence-corrected chi connectivity index (χ2v) is 4.39. The van der Waals surface area contributed by atoms with Crippen LogP contribution in [0.5, 0.6) is 0 Å². The molecule has 0 atom stereocenters. The van der Waals surface area contributed by atoms with E-state index >= 15 is 0 Å². The third-order valence-electron chi connectivity index (χ3n) is 2.37. The number of hydrogen-bond acceptors (Lipinski definition) is 3. The second-order valence-electron chi connectivity index (χ2n) is 3.48. The predicted molar refractivity (Wildman–Crippen MR) is 62.1 cm³/mol. The van der Waals surface area contributed by atoms with Gasteiger partial charge in [-0.25, -0.2) is 0 Å². The lowest BCUT2D eigenvalue weighted by Gasteiger charge is -1.91. The number of benzene rings is 1. The molecule has 3 rings (SSSR count). The molecule has 0 spiro atoms. The number of rotatable bonds is 1. The van der Waals surface area contributed by atoms with Gasteiger partial charge in [-0.2, -0.15) is 0 Å². The van der Waals surface area contributed by atoms with Gasteiger partial charge in [0.25, 0.3) is 0 Å². The normalized spacial score (nSPS) is 11.0. The maximum Gasteiger partial charge on any atom is 0.168 e. The molecule has 0 saturated carbocycles. The van der Waals surface area contributed by atoms with Gasteiger partial charge in [0.15, 0.2) is 5.76 Å². The van der Waals surface area contributed by atoms with Crippen molar-refractivity contribution in [3.8, 4) is 11.3 Å². The van der Waals surface area contributed by atoms with Gasteiger partial charge >= 0.3 is 0 Å². The number of fused-ring (bicyclic) bond motifs is 1. The molecule has 2 heterocycles. The lowest BCUT2D eigenvalue weighted by atomic mass is 10.1. The summed E-state index contributed by atoms with van der Waals surface area (Å²) in [6.45, 7) is 1.93. The van der Waals surface area contributed by atoms with Gasteiger partial charge in [0.2, 0.25) is 0 Å². The van der Waals surface area contributed by atoms with Crippen molar-refractivity contribution in [1.29, 1.82) is 0 Å². The van der Waals surface area contributed by atoms with Crippen LogP contribution in [0.25, 0.3) is 21.4 Å². The number of aromatic nitrogens is 1. The Morgan fingerprint density at radius 1 is 1.27 bits per heavy atom. The quantitative estimate of drug-likeness (QED) is 0.616. The first-order valence-corrected chi connectivity index (χ1v) is 5.62. The van der Waals surface area contributed by atoms with E-state index in [4.69, 9.17) is 4.52 Å². The average molecular weight is 215 g/mol. The molecular weight excluding hydrogens is 206 g/mol. The lowest BCUT2D eigenvalue weighted by Crippen LogP contribution is -1.69. The molecule has 3 aromatic rings. The Bertz CT molecular complexity index is 609. The maximum atomic E-state index is 5.27. The van der Waals surface area contributed by atoms with Gasteiger partial charge in [0.1, 0.15) is 0 Å². The van der Waals surface area contributed by atoms with Crippen LogP contribution in [0, 0.1) is 6.92 Å². The van der Waals surface area contributed by atoms with Gasteiger partial charge in [0, 0.05) is 27.1 Å². The maximum absolute atomic E-state index is 5.27. The summed E-state index contributed by atoms with van der Waals surface area (Å²) in [5.41, 5.74) is 2.05. The summed E-state index contributed by atoms with van der Waals surface area (Å²) in [6, 6.07) is 10.3. The van der Waals surface area contributed by atoms with E-state index in [2.05, 4.69) is 22.7 Å². The largest absolute Gasteiger partial charge is 0.356 e. The molecule has 0 aliphatic carbocycles. The van der Waals surface area contributed by atoms with Crippen LogP contribution in [0.3, 0.4) is 0 Å². The monoisotopic (exact) mass is 215 g/mol. The molecule has 0 radical (unpaired) electrons. The van der Waals surface area contributed by atoms with Crippen LogP contribution in [0.1, 0.15) is 5.69 Å². The van der Waals surface area contributed by atoms with Crippen molar-refractivity contribution in [2.24, 2.45) is 0 Å². The Balaban J connectivity index is 2.27. The van der Waals surface area contributed by atoms with Crippen LogP contribution in [0.4, 0.5) is 0 Å². The first-order valence-electron chi connectivity index (χ1n) is 4.74. The Hall–Kier alpha value is -1.61. The van der Waals surface area contributed by atoms with Crippen molar-refractivity contribution in [1.82, 2.24) is 5.16 Å². The van der Waals surface area contributed by atoms with E-state index in [-0.39, 0.29) is 0 Å². The molecule has 2 nitrogen and oxygen atoms in total. The Morgan fingerprint density at radius 3 is 2.93 bits per heavy atom. The summed E-state index contributed by atoms with van der Waals surface area (Å²) in [5, 5.41) is 7.26.